The summed E-state index contributed by atoms with van der Waals surface area (Å²) < 4.78 is 0. The lowest BCUT2D eigenvalue weighted by atomic mass is 10.0. The second kappa shape index (κ2) is 3.54. The molecule has 0 aliphatic heterocycles. The molecule has 14 heavy (non-hydrogen) atoms. The second-order valence-corrected chi connectivity index (χ2v) is 4.25. The summed E-state index contributed by atoms with van der Waals surface area (Å²) >= 11 is 11.8. The number of carbonyl (C=O) groups excluding carboxylic acids is 1. The van der Waals surface area contributed by atoms with Gasteiger partial charge in [-0.2, -0.15) is 0 Å². The topological polar surface area (TPSA) is 43.1 Å². The Morgan fingerprint density at radius 1 is 1.43 bits per heavy atom. The van der Waals surface area contributed by atoms with Gasteiger partial charge in [-0.05, 0) is 24.2 Å². The van der Waals surface area contributed by atoms with Crippen LogP contribution in [0.15, 0.2) is 12.1 Å². The van der Waals surface area contributed by atoms with Crippen molar-refractivity contribution in [3.8, 4) is 0 Å². The molecule has 2 N–H and O–H groups in total. The first-order chi connectivity index (χ1) is 6.63. The van der Waals surface area contributed by atoms with Crippen molar-refractivity contribution in [1.82, 2.24) is 0 Å². The minimum atomic E-state index is 0.0577. The Hall–Kier alpha value is -0.570. The molecule has 1 aliphatic rings. The molecule has 1 atom stereocenters. The van der Waals surface area contributed by atoms with Crippen LogP contribution in [0.3, 0.4) is 0 Å². The van der Waals surface area contributed by atoms with E-state index in [0.717, 1.165) is 5.56 Å². The number of Topliss-reactive ketones (excluding diaryl/α,β-unsaturated/α-hetero) is 1. The molecule has 1 aliphatic carbocycles. The maximum absolute atomic E-state index is 11.6. The number of fused-ring (bicyclic) bond motifs is 1. The minimum Gasteiger partial charge on any atom is -0.330 e. The first-order valence-corrected chi connectivity index (χ1v) is 5.11. The highest BCUT2D eigenvalue weighted by molar-refractivity contribution is 6.36. The minimum absolute atomic E-state index is 0.0577. The van der Waals surface area contributed by atoms with Crippen molar-refractivity contribution in [2.75, 3.05) is 6.54 Å². The van der Waals surface area contributed by atoms with Crippen molar-refractivity contribution in [3.05, 3.63) is 33.3 Å². The molecule has 0 amide bonds. The Kier molecular flexibility index (Phi) is 2.52. The molecule has 1 unspecified atom stereocenters. The number of ketones is 1. The fraction of sp³-hybridized carbons (Fsp3) is 0.300. The quantitative estimate of drug-likeness (QED) is 0.805. The molecule has 2 rings (SSSR count). The molecule has 4 heteroatoms. The van der Waals surface area contributed by atoms with Crippen molar-refractivity contribution in [2.45, 2.75) is 12.3 Å². The molecule has 1 aromatic rings. The maximum Gasteiger partial charge on any atom is 0.163 e. The molecule has 0 radical (unpaired) electrons. The summed E-state index contributed by atoms with van der Waals surface area (Å²) in [6, 6.07) is 3.32. The van der Waals surface area contributed by atoms with Crippen molar-refractivity contribution < 1.29 is 4.79 Å². The summed E-state index contributed by atoms with van der Waals surface area (Å²) in [5.74, 6) is 0.141. The molecule has 0 saturated carbocycles. The predicted molar refractivity (Wildman–Crippen MR) is 57.2 cm³/mol. The van der Waals surface area contributed by atoms with Crippen molar-refractivity contribution in [3.63, 3.8) is 0 Å². The van der Waals surface area contributed by atoms with Gasteiger partial charge >= 0.3 is 0 Å². The van der Waals surface area contributed by atoms with E-state index in [1.54, 1.807) is 12.1 Å². The zero-order valence-corrected chi connectivity index (χ0v) is 8.90. The molecule has 0 saturated heterocycles. The van der Waals surface area contributed by atoms with E-state index in [0.29, 0.717) is 28.6 Å². The Morgan fingerprint density at radius 2 is 2.14 bits per heavy atom. The van der Waals surface area contributed by atoms with Crippen molar-refractivity contribution in [2.24, 2.45) is 5.73 Å². The molecular weight excluding hydrogens is 221 g/mol. The third-order valence-electron chi connectivity index (χ3n) is 2.52. The monoisotopic (exact) mass is 229 g/mol. The van der Waals surface area contributed by atoms with Crippen LogP contribution in [0.4, 0.5) is 0 Å². The van der Waals surface area contributed by atoms with Crippen LogP contribution in [0.25, 0.3) is 0 Å². The van der Waals surface area contributed by atoms with Crippen LogP contribution in [0.1, 0.15) is 28.3 Å². The summed E-state index contributed by atoms with van der Waals surface area (Å²) in [5.41, 5.74) is 7.08. The van der Waals surface area contributed by atoms with E-state index in [2.05, 4.69) is 0 Å². The first-order valence-electron chi connectivity index (χ1n) is 4.35. The van der Waals surface area contributed by atoms with Gasteiger partial charge in [-0.3, -0.25) is 4.79 Å². The van der Waals surface area contributed by atoms with E-state index in [4.69, 9.17) is 28.9 Å². The number of halogens is 2. The van der Waals surface area contributed by atoms with E-state index < -0.39 is 0 Å². The number of hydrogen-bond donors (Lipinski definition) is 1. The highest BCUT2D eigenvalue weighted by atomic mass is 35.5. The largest absolute Gasteiger partial charge is 0.330 e. The SMILES string of the molecule is NCC1CC(=O)c2cc(Cl)cc(Cl)c21. The van der Waals surface area contributed by atoms with Gasteiger partial charge in [-0.15, -0.1) is 0 Å². The zero-order chi connectivity index (χ0) is 10.3. The first kappa shape index (κ1) is 9.97. The predicted octanol–water partition coefficient (Wildman–Crippen LogP) is 2.62. The zero-order valence-electron chi connectivity index (χ0n) is 7.39. The number of rotatable bonds is 1. The lowest BCUT2D eigenvalue weighted by Crippen LogP contribution is -2.10. The van der Waals surface area contributed by atoms with E-state index in [9.17, 15) is 4.79 Å². The molecule has 0 bridgehead atoms. The summed E-state index contributed by atoms with van der Waals surface area (Å²) in [4.78, 5) is 11.6. The van der Waals surface area contributed by atoms with Gasteiger partial charge in [0.15, 0.2) is 5.78 Å². The van der Waals surface area contributed by atoms with Crippen LogP contribution in [0, 0.1) is 0 Å². The van der Waals surface area contributed by atoms with E-state index in [1.807, 2.05) is 0 Å². The lowest BCUT2D eigenvalue weighted by molar-refractivity contribution is 0.0989. The molecule has 1 aromatic carbocycles. The van der Waals surface area contributed by atoms with Crippen LogP contribution >= 0.6 is 23.2 Å². The smallest absolute Gasteiger partial charge is 0.163 e. The lowest BCUT2D eigenvalue weighted by Gasteiger charge is -2.09. The number of benzene rings is 1. The van der Waals surface area contributed by atoms with Crippen LogP contribution in [-0.2, 0) is 0 Å². The Balaban J connectivity index is 2.62. The fourth-order valence-corrected chi connectivity index (χ4v) is 2.52. The van der Waals surface area contributed by atoms with E-state index in [1.165, 1.54) is 0 Å². The highest BCUT2D eigenvalue weighted by Crippen LogP contribution is 2.39. The second-order valence-electron chi connectivity index (χ2n) is 3.41. The van der Waals surface area contributed by atoms with Crippen molar-refractivity contribution in [1.29, 1.82) is 0 Å². The van der Waals surface area contributed by atoms with Crippen LogP contribution in [0.5, 0.6) is 0 Å². The van der Waals surface area contributed by atoms with Gasteiger partial charge in [0.2, 0.25) is 0 Å². The Labute approximate surface area is 92.0 Å². The van der Waals surface area contributed by atoms with Gasteiger partial charge in [0, 0.05) is 27.9 Å². The average Bonchev–Trinajstić information content (AvgIpc) is 2.43. The summed E-state index contributed by atoms with van der Waals surface area (Å²) in [6.07, 6.45) is 0.450. The van der Waals surface area contributed by atoms with Gasteiger partial charge in [0.1, 0.15) is 0 Å². The summed E-state index contributed by atoms with van der Waals surface area (Å²) in [5, 5.41) is 1.05. The molecule has 74 valence electrons. The van der Waals surface area contributed by atoms with Gasteiger partial charge < -0.3 is 5.73 Å². The third-order valence-corrected chi connectivity index (χ3v) is 3.05. The Bertz CT molecular complexity index is 403. The number of hydrogen-bond acceptors (Lipinski definition) is 2. The third kappa shape index (κ3) is 1.44. The number of nitrogens with two attached hydrogens (primary N) is 1. The van der Waals surface area contributed by atoms with E-state index >= 15 is 0 Å². The van der Waals surface area contributed by atoms with Crippen LogP contribution < -0.4 is 5.73 Å². The van der Waals surface area contributed by atoms with Gasteiger partial charge in [-0.25, -0.2) is 0 Å². The molecular formula is C10H9Cl2NO. The Morgan fingerprint density at radius 3 is 2.79 bits per heavy atom. The molecule has 0 aromatic heterocycles. The van der Waals surface area contributed by atoms with E-state index in [-0.39, 0.29) is 11.7 Å². The normalized spacial score (nSPS) is 19.9. The molecule has 0 spiro atoms. The molecule has 2 nitrogen and oxygen atoms in total. The molecule has 0 fully saturated rings. The summed E-state index contributed by atoms with van der Waals surface area (Å²) in [7, 11) is 0. The van der Waals surface area contributed by atoms with Crippen LogP contribution in [0.2, 0.25) is 10.0 Å². The van der Waals surface area contributed by atoms with Gasteiger partial charge in [0.25, 0.3) is 0 Å². The number of carbonyl (C=O) groups is 1. The average molecular weight is 230 g/mol. The fourth-order valence-electron chi connectivity index (χ4n) is 1.87. The van der Waals surface area contributed by atoms with Crippen LogP contribution in [-0.4, -0.2) is 12.3 Å². The van der Waals surface area contributed by atoms with Gasteiger partial charge in [-0.1, -0.05) is 23.2 Å². The maximum atomic E-state index is 11.6. The highest BCUT2D eigenvalue weighted by Gasteiger charge is 2.30. The van der Waals surface area contributed by atoms with Crippen molar-refractivity contribution >= 4 is 29.0 Å². The molecule has 0 heterocycles. The van der Waals surface area contributed by atoms with Gasteiger partial charge in [0.05, 0.1) is 0 Å². The standard InChI is InChI=1S/C10H9Cl2NO/c11-6-2-7-9(14)1-5(4-13)10(7)8(12)3-6/h2-3,5H,1,4,13H2. The summed E-state index contributed by atoms with van der Waals surface area (Å²) in [6.45, 7) is 0.445.